The maximum absolute atomic E-state index is 14.5. The lowest BCUT2D eigenvalue weighted by atomic mass is 9.78. The maximum Gasteiger partial charge on any atom is 0.272 e. The van der Waals surface area contributed by atoms with Crippen molar-refractivity contribution in [2.75, 3.05) is 19.0 Å². The molecule has 0 saturated heterocycles. The second kappa shape index (κ2) is 16.6. The Labute approximate surface area is 341 Å². The van der Waals surface area contributed by atoms with Gasteiger partial charge in [-0.25, -0.2) is 4.98 Å². The highest BCUT2D eigenvalue weighted by atomic mass is 32.1. The molecule has 0 unspecified atom stereocenters. The van der Waals surface area contributed by atoms with Crippen molar-refractivity contribution < 1.29 is 44.2 Å². The fourth-order valence-electron chi connectivity index (χ4n) is 7.96. The van der Waals surface area contributed by atoms with Gasteiger partial charge in [0.25, 0.3) is 11.7 Å². The molecule has 1 aromatic heterocycles. The largest absolute Gasteiger partial charge is 0.505 e. The van der Waals surface area contributed by atoms with Crippen molar-refractivity contribution >= 4 is 59.9 Å². The highest BCUT2D eigenvalue weighted by Crippen LogP contribution is 2.49. The number of nitrogens with zero attached hydrogens (tertiary/aromatic N) is 1. The minimum absolute atomic E-state index is 0.0214. The molecule has 3 heterocycles. The van der Waals surface area contributed by atoms with E-state index in [0.29, 0.717) is 10.2 Å². The fraction of sp³-hybridized carbons (Fsp3) is 0.467. The number of nitrogens with one attached hydrogen (secondary N) is 1. The molecule has 0 saturated carbocycles. The van der Waals surface area contributed by atoms with Crippen LogP contribution in [0, 0.1) is 30.6 Å². The zero-order valence-corrected chi connectivity index (χ0v) is 35.4. The molecule has 0 aliphatic carbocycles. The quantitative estimate of drug-likeness (QED) is 0.0604. The highest BCUT2D eigenvalue weighted by molar-refractivity contribution is 7.25. The molecule has 4 aromatic rings. The van der Waals surface area contributed by atoms with E-state index in [0.717, 1.165) is 10.3 Å². The van der Waals surface area contributed by atoms with Crippen molar-refractivity contribution in [3.63, 3.8) is 0 Å². The van der Waals surface area contributed by atoms with E-state index in [1.54, 1.807) is 65.0 Å². The number of carbonyl (C=O) groups is 2. The summed E-state index contributed by atoms with van der Waals surface area (Å²) in [5.74, 6) is -5.52. The Bertz CT molecular complexity index is 2440. The van der Waals surface area contributed by atoms with Gasteiger partial charge in [0.1, 0.15) is 11.4 Å². The van der Waals surface area contributed by atoms with Gasteiger partial charge in [0.2, 0.25) is 5.78 Å². The van der Waals surface area contributed by atoms with Gasteiger partial charge in [0, 0.05) is 54.2 Å². The Kier molecular flexibility index (Phi) is 12.4. The van der Waals surface area contributed by atoms with Crippen LogP contribution in [0.25, 0.3) is 31.2 Å². The first-order chi connectivity index (χ1) is 27.3. The van der Waals surface area contributed by atoms with Gasteiger partial charge in [-0.2, -0.15) is 0 Å². The van der Waals surface area contributed by atoms with Crippen LogP contribution in [0.4, 0.5) is 5.69 Å². The summed E-state index contributed by atoms with van der Waals surface area (Å²) in [5, 5.41) is 48.7. The van der Waals surface area contributed by atoms with Crippen molar-refractivity contribution in [3.8, 4) is 11.5 Å². The molecule has 12 nitrogen and oxygen atoms in total. The Hall–Kier alpha value is -4.50. The average Bonchev–Trinajstić information content (AvgIpc) is 3.47. The summed E-state index contributed by atoms with van der Waals surface area (Å²) >= 11 is 1.26. The number of allylic oxidation sites excluding steroid dienone is 2. The molecule has 3 aromatic carbocycles. The van der Waals surface area contributed by atoms with E-state index in [9.17, 15) is 34.8 Å². The molecule has 13 heteroatoms. The number of aromatic nitrogens is 1. The second-order valence-corrected chi connectivity index (χ2v) is 17.4. The third-order valence-corrected chi connectivity index (χ3v) is 13.1. The lowest BCUT2D eigenvalue weighted by Crippen LogP contribution is -2.44. The van der Waals surface area contributed by atoms with Crippen LogP contribution in [0.2, 0.25) is 0 Å². The minimum Gasteiger partial charge on any atom is -0.505 e. The van der Waals surface area contributed by atoms with Crippen molar-refractivity contribution in [1.29, 1.82) is 0 Å². The van der Waals surface area contributed by atoms with Gasteiger partial charge in [-0.15, -0.1) is 11.3 Å². The van der Waals surface area contributed by atoms with Gasteiger partial charge in [0.15, 0.2) is 11.2 Å². The summed E-state index contributed by atoms with van der Waals surface area (Å²) in [7, 11) is 1.50. The molecule has 6 rings (SSSR count). The number of benzene rings is 3. The molecule has 9 atom stereocenters. The van der Waals surface area contributed by atoms with Crippen LogP contribution in [-0.2, 0) is 14.3 Å². The van der Waals surface area contributed by atoms with Gasteiger partial charge in [0.05, 0.1) is 62.4 Å². The zero-order chi connectivity index (χ0) is 42.5. The molecule has 2 aliphatic rings. The molecule has 5 N–H and O–H groups in total. The number of hydrogen-bond donors (Lipinski definition) is 5. The number of hydrogen-bond acceptors (Lipinski definition) is 12. The number of carbonyl (C=O) groups excluding carboxylic acids is 2. The van der Waals surface area contributed by atoms with Gasteiger partial charge in [-0.1, -0.05) is 78.0 Å². The third kappa shape index (κ3) is 7.60. The van der Waals surface area contributed by atoms with Crippen LogP contribution in [-0.4, -0.2) is 81.0 Å². The molecule has 0 fully saturated rings. The Balaban J connectivity index is 1.57. The number of ketones is 1. The molecule has 310 valence electrons. The smallest absolute Gasteiger partial charge is 0.272 e. The first kappa shape index (κ1) is 43.1. The SMILES string of the molecule is CO[C@H]1/C=C/CO[C@@]2(C)Oc3c(C)c(=O)c4c(O)c(c5sc6cc(C(C)C)ccc6nc5c4c3C2=O)NC(=O)/C(C)=C\C=C\[C@H](C)[C@H](O)[C@@H](C)[C@@H](O)[C@@H](C)[C@H](O)[C@@H]1C. The number of anilines is 1. The Morgan fingerprint density at radius 2 is 1.64 bits per heavy atom. The lowest BCUT2D eigenvalue weighted by Gasteiger charge is -2.36. The van der Waals surface area contributed by atoms with Crippen LogP contribution in [0.5, 0.6) is 11.5 Å². The first-order valence-corrected chi connectivity index (χ1v) is 20.5. The van der Waals surface area contributed by atoms with E-state index >= 15 is 0 Å². The molecule has 0 spiro atoms. The topological polar surface area (TPSA) is 185 Å². The number of aliphatic hydroxyl groups is 3. The monoisotopic (exact) mass is 814 g/mol. The highest BCUT2D eigenvalue weighted by Gasteiger charge is 2.48. The molecular formula is C45H54N2O10S. The Morgan fingerprint density at radius 3 is 2.31 bits per heavy atom. The maximum atomic E-state index is 14.5. The van der Waals surface area contributed by atoms with Crippen LogP contribution < -0.4 is 15.5 Å². The molecule has 1 amide bonds. The molecular weight excluding hydrogens is 761 g/mol. The number of amides is 1. The van der Waals surface area contributed by atoms with Crippen molar-refractivity contribution in [2.45, 2.75) is 98.4 Å². The molecule has 4 bridgehead atoms. The van der Waals surface area contributed by atoms with Crippen LogP contribution in [0.3, 0.4) is 0 Å². The summed E-state index contributed by atoms with van der Waals surface area (Å²) < 4.78 is 19.1. The number of fused-ring (bicyclic) bond motifs is 2. The number of aromatic hydroxyl groups is 1. The Morgan fingerprint density at radius 1 is 0.966 bits per heavy atom. The number of ether oxygens (including phenoxy) is 3. The van der Waals surface area contributed by atoms with E-state index in [2.05, 4.69) is 19.2 Å². The minimum atomic E-state index is -1.87. The van der Waals surface area contributed by atoms with Gasteiger partial charge >= 0.3 is 0 Å². The number of Topliss-reactive ketones (excluding diaryl/α,β-unsaturated/α-hetero) is 1. The number of methoxy groups -OCH3 is 1. The van der Waals surface area contributed by atoms with Crippen LogP contribution in [0.15, 0.2) is 58.9 Å². The summed E-state index contributed by atoms with van der Waals surface area (Å²) in [4.78, 5) is 47.6. The summed E-state index contributed by atoms with van der Waals surface area (Å²) in [6.07, 6.45) is 4.56. The summed E-state index contributed by atoms with van der Waals surface area (Å²) in [6.45, 7) is 15.6. The van der Waals surface area contributed by atoms with Crippen molar-refractivity contribution in [3.05, 3.63) is 81.1 Å². The van der Waals surface area contributed by atoms with Gasteiger partial charge in [-0.05, 0) is 37.5 Å². The number of phenols is 1. The van der Waals surface area contributed by atoms with Crippen molar-refractivity contribution in [1.82, 2.24) is 4.98 Å². The van der Waals surface area contributed by atoms with E-state index in [4.69, 9.17) is 19.2 Å². The number of aliphatic hydroxyl groups excluding tert-OH is 3. The predicted molar refractivity (Wildman–Crippen MR) is 227 cm³/mol. The second-order valence-electron chi connectivity index (χ2n) is 16.3. The molecule has 0 radical (unpaired) electrons. The number of rotatable bonds is 2. The summed E-state index contributed by atoms with van der Waals surface area (Å²) in [6, 6.07) is 5.84. The molecule has 58 heavy (non-hydrogen) atoms. The third-order valence-electron chi connectivity index (χ3n) is 12.0. The first-order valence-electron chi connectivity index (χ1n) is 19.7. The van der Waals surface area contributed by atoms with E-state index in [-0.39, 0.29) is 57.0 Å². The van der Waals surface area contributed by atoms with E-state index in [1.807, 2.05) is 18.2 Å². The van der Waals surface area contributed by atoms with Gasteiger partial charge in [-0.3, -0.25) is 14.4 Å². The molecule has 2 aliphatic heterocycles. The van der Waals surface area contributed by atoms with Crippen LogP contribution >= 0.6 is 11.3 Å². The van der Waals surface area contributed by atoms with Crippen LogP contribution in [0.1, 0.15) is 82.8 Å². The average molecular weight is 815 g/mol. The van der Waals surface area contributed by atoms with E-state index < -0.39 is 76.7 Å². The normalized spacial score (nSPS) is 31.0. The number of phenolic OH excluding ortho intramolecular Hbond substituents is 1. The lowest BCUT2D eigenvalue weighted by molar-refractivity contribution is -0.118. The standard InChI is InChI=1S/C45H54N2O10S/c1-20(2)27-16-17-28-30(19-27)58-42-34(46-28)31-32-39(51)26(8)41-33(31)43(53)45(9,57-41)56-18-12-15-29(55-10)23(5)37(49)25(7)38(50)24(6)36(48)21(3)13-11-14-22(4)44(54)47-35(42)40(32)52/h11-17,19-21,23-25,29,36-38,48-50,52H,18H2,1-10H3,(H,47,54)/b13-11+,15-12+,22-14-/t21-,23+,24+,25-,29-,36-,37+,38+,45-/m0/s1. The zero-order valence-electron chi connectivity index (χ0n) is 34.6. The van der Waals surface area contributed by atoms with Gasteiger partial charge < -0.3 is 40.0 Å². The predicted octanol–water partition coefficient (Wildman–Crippen LogP) is 7.06. The van der Waals surface area contributed by atoms with Crippen molar-refractivity contribution in [2.24, 2.45) is 23.7 Å². The van der Waals surface area contributed by atoms with E-state index in [1.165, 1.54) is 32.3 Å². The fourth-order valence-corrected chi connectivity index (χ4v) is 9.09. The summed E-state index contributed by atoms with van der Waals surface area (Å²) in [5.41, 5.74) is 1.60.